The molecule has 0 bridgehead atoms. The third-order valence-electron chi connectivity index (χ3n) is 11.4. The van der Waals surface area contributed by atoms with Crippen LogP contribution in [0.1, 0.15) is 72.1 Å². The first kappa shape index (κ1) is 26.8. The summed E-state index contributed by atoms with van der Waals surface area (Å²) < 4.78 is 11.3. The number of hydrogen-bond donors (Lipinski definition) is 6. The fraction of sp³-hybridized carbons (Fsp3) is 0.963. The van der Waals surface area contributed by atoms with Gasteiger partial charge < -0.3 is 40.1 Å². The van der Waals surface area contributed by atoms with Crippen molar-refractivity contribution in [1.82, 2.24) is 0 Å². The van der Waals surface area contributed by atoms with Crippen LogP contribution in [0.25, 0.3) is 0 Å². The Balaban J connectivity index is 1.29. The Labute approximate surface area is 212 Å². The average molecular weight is 513 g/mol. The molecule has 5 fully saturated rings. The van der Waals surface area contributed by atoms with Gasteiger partial charge in [-0.1, -0.05) is 13.8 Å². The maximum Gasteiger partial charge on any atom is 0.335 e. The lowest BCUT2D eigenvalue weighted by molar-refractivity contribution is -0.311. The molecule has 0 spiro atoms. The van der Waals surface area contributed by atoms with Gasteiger partial charge >= 0.3 is 5.97 Å². The van der Waals surface area contributed by atoms with Gasteiger partial charge in [0.25, 0.3) is 0 Å². The van der Waals surface area contributed by atoms with E-state index in [0.717, 1.165) is 38.5 Å². The number of aliphatic hydroxyl groups excluding tert-OH is 5. The molecule has 9 nitrogen and oxygen atoms in total. The summed E-state index contributed by atoms with van der Waals surface area (Å²) in [6.45, 7) is 6.59. The van der Waals surface area contributed by atoms with Crippen LogP contribution >= 0.6 is 0 Å². The SMILES string of the molecule is C[C@H](O)[C@H]1CC[C@H]2[C@@H]3C[C@H](O)[C@@H]4C[C@@H](OC5O[C@H](C(=O)O)[C@@H](O)[C@H](O)[C@H]5O)CC[C@]4(C)[C@H]3CC[C@]12C. The van der Waals surface area contributed by atoms with Gasteiger partial charge in [0.2, 0.25) is 0 Å². The van der Waals surface area contributed by atoms with Crippen molar-refractivity contribution in [2.75, 3.05) is 0 Å². The summed E-state index contributed by atoms with van der Waals surface area (Å²) in [7, 11) is 0. The van der Waals surface area contributed by atoms with Gasteiger partial charge in [0.1, 0.15) is 18.3 Å². The maximum atomic E-state index is 11.4. The van der Waals surface area contributed by atoms with Gasteiger partial charge in [0.05, 0.1) is 18.3 Å². The molecule has 0 aromatic rings. The first-order valence-corrected chi connectivity index (χ1v) is 13.8. The van der Waals surface area contributed by atoms with Crippen LogP contribution in [-0.2, 0) is 14.3 Å². The number of carboxylic acid groups (broad SMARTS) is 1. The highest BCUT2D eigenvalue weighted by Crippen LogP contribution is 2.67. The monoisotopic (exact) mass is 512 g/mol. The molecule has 6 N–H and O–H groups in total. The van der Waals surface area contributed by atoms with Gasteiger partial charge in [-0.05, 0) is 98.7 Å². The van der Waals surface area contributed by atoms with E-state index < -0.39 is 42.8 Å². The molecule has 0 radical (unpaired) electrons. The van der Waals surface area contributed by atoms with Crippen molar-refractivity contribution in [2.24, 2.45) is 40.4 Å². The molecular weight excluding hydrogens is 468 g/mol. The summed E-state index contributed by atoms with van der Waals surface area (Å²) in [6.07, 6.45) is -1.97. The minimum absolute atomic E-state index is 0.0161. The molecule has 0 aromatic carbocycles. The molecular formula is C27H44O9. The fourth-order valence-electron chi connectivity index (χ4n) is 9.57. The summed E-state index contributed by atoms with van der Waals surface area (Å²) in [4.78, 5) is 11.4. The predicted octanol–water partition coefficient (Wildman–Crippen LogP) is 1.27. The van der Waals surface area contributed by atoms with E-state index in [2.05, 4.69) is 13.8 Å². The van der Waals surface area contributed by atoms with Crippen LogP contribution in [0.3, 0.4) is 0 Å². The Bertz CT molecular complexity index is 836. The predicted molar refractivity (Wildman–Crippen MR) is 127 cm³/mol. The zero-order valence-electron chi connectivity index (χ0n) is 21.6. The van der Waals surface area contributed by atoms with Crippen molar-refractivity contribution in [3.63, 3.8) is 0 Å². The number of aliphatic hydroxyl groups is 5. The third-order valence-corrected chi connectivity index (χ3v) is 11.4. The highest BCUT2D eigenvalue weighted by molar-refractivity contribution is 5.73. The summed E-state index contributed by atoms with van der Waals surface area (Å²) in [5.41, 5.74) is 0.0802. The number of rotatable bonds is 4. The van der Waals surface area contributed by atoms with Gasteiger partial charge in [0.15, 0.2) is 12.4 Å². The summed E-state index contributed by atoms with van der Waals surface area (Å²) >= 11 is 0. The molecule has 0 amide bonds. The van der Waals surface area contributed by atoms with Crippen molar-refractivity contribution >= 4 is 5.97 Å². The zero-order chi connectivity index (χ0) is 26.2. The molecule has 9 heteroatoms. The quantitative estimate of drug-likeness (QED) is 0.305. The Morgan fingerprint density at radius 3 is 2.22 bits per heavy atom. The van der Waals surface area contributed by atoms with E-state index in [1.807, 2.05) is 6.92 Å². The number of aliphatic carboxylic acids is 1. The highest BCUT2D eigenvalue weighted by atomic mass is 16.7. The molecule has 1 heterocycles. The molecule has 5 aliphatic rings. The van der Waals surface area contributed by atoms with Crippen LogP contribution in [0.5, 0.6) is 0 Å². The van der Waals surface area contributed by atoms with Crippen molar-refractivity contribution in [3.8, 4) is 0 Å². The number of ether oxygens (including phenoxy) is 2. The van der Waals surface area contributed by atoms with Crippen molar-refractivity contribution in [1.29, 1.82) is 0 Å². The Morgan fingerprint density at radius 1 is 0.889 bits per heavy atom. The van der Waals surface area contributed by atoms with Gasteiger partial charge in [-0.3, -0.25) is 0 Å². The normalized spacial score (nSPS) is 55.8. The van der Waals surface area contributed by atoms with Crippen LogP contribution in [0, 0.1) is 40.4 Å². The molecule has 5 rings (SSSR count). The molecule has 4 aliphatic carbocycles. The van der Waals surface area contributed by atoms with E-state index >= 15 is 0 Å². The molecule has 1 unspecified atom stereocenters. The number of hydrogen-bond acceptors (Lipinski definition) is 8. The maximum absolute atomic E-state index is 11.4. The minimum atomic E-state index is -1.75. The van der Waals surface area contributed by atoms with E-state index in [4.69, 9.17) is 9.47 Å². The Hall–Kier alpha value is -0.810. The van der Waals surface area contributed by atoms with Crippen LogP contribution in [0.4, 0.5) is 0 Å². The van der Waals surface area contributed by atoms with Crippen LogP contribution in [-0.4, -0.2) is 85.6 Å². The summed E-state index contributed by atoms with van der Waals surface area (Å²) in [5, 5.41) is 61.6. The molecule has 4 saturated carbocycles. The second-order valence-electron chi connectivity index (χ2n) is 13.0. The largest absolute Gasteiger partial charge is 0.479 e. The number of carboxylic acids is 1. The van der Waals surface area contributed by atoms with E-state index in [-0.39, 0.29) is 29.0 Å². The summed E-state index contributed by atoms with van der Waals surface area (Å²) in [6, 6.07) is 0. The number of fused-ring (bicyclic) bond motifs is 5. The summed E-state index contributed by atoms with van der Waals surface area (Å²) in [5.74, 6) is 0.369. The van der Waals surface area contributed by atoms with Crippen molar-refractivity contribution in [2.45, 2.75) is 121 Å². The van der Waals surface area contributed by atoms with Crippen molar-refractivity contribution in [3.05, 3.63) is 0 Å². The first-order valence-electron chi connectivity index (χ1n) is 13.8. The average Bonchev–Trinajstić information content (AvgIpc) is 3.17. The van der Waals surface area contributed by atoms with E-state index in [1.165, 1.54) is 0 Å². The topological polar surface area (TPSA) is 157 Å². The van der Waals surface area contributed by atoms with E-state index in [9.17, 15) is 35.4 Å². The molecule has 1 saturated heterocycles. The lowest BCUT2D eigenvalue weighted by Gasteiger charge is -2.62. The molecule has 36 heavy (non-hydrogen) atoms. The molecule has 1 aliphatic heterocycles. The van der Waals surface area contributed by atoms with Crippen molar-refractivity contribution < 1.29 is 44.9 Å². The van der Waals surface area contributed by atoms with Crippen LogP contribution < -0.4 is 0 Å². The second kappa shape index (κ2) is 9.43. The number of carbonyl (C=O) groups is 1. The second-order valence-corrected chi connectivity index (χ2v) is 13.0. The smallest absolute Gasteiger partial charge is 0.335 e. The lowest BCUT2D eigenvalue weighted by atomic mass is 9.44. The van der Waals surface area contributed by atoms with Gasteiger partial charge in [-0.15, -0.1) is 0 Å². The minimum Gasteiger partial charge on any atom is -0.479 e. The van der Waals surface area contributed by atoms with E-state index in [0.29, 0.717) is 36.5 Å². The third kappa shape index (κ3) is 4.05. The van der Waals surface area contributed by atoms with Gasteiger partial charge in [-0.2, -0.15) is 0 Å². The molecule has 0 aromatic heterocycles. The van der Waals surface area contributed by atoms with Gasteiger partial charge in [-0.25, -0.2) is 4.79 Å². The van der Waals surface area contributed by atoms with Crippen LogP contribution in [0.2, 0.25) is 0 Å². The lowest BCUT2D eigenvalue weighted by Crippen LogP contribution is -2.62. The van der Waals surface area contributed by atoms with E-state index in [1.54, 1.807) is 0 Å². The first-order chi connectivity index (χ1) is 16.9. The molecule has 15 atom stereocenters. The molecule has 206 valence electrons. The highest BCUT2D eigenvalue weighted by Gasteiger charge is 2.62. The Kier molecular flexibility index (Phi) is 7.02. The Morgan fingerprint density at radius 2 is 1.56 bits per heavy atom. The van der Waals surface area contributed by atoms with Crippen LogP contribution in [0.15, 0.2) is 0 Å². The fourth-order valence-corrected chi connectivity index (χ4v) is 9.57. The van der Waals surface area contributed by atoms with Gasteiger partial charge in [0, 0.05) is 0 Å². The zero-order valence-corrected chi connectivity index (χ0v) is 21.6. The standard InChI is InChI=1S/C27H44O9/c1-12(28)15-4-5-16-14-11-19(29)18-10-13(6-8-27(18,3)17(14)7-9-26(15,16)2)35-25-22(32)20(30)21(31)23(36-25)24(33)34/h12-23,25,28-32H,4-11H2,1-3H3,(H,33,34)/t12-,13-,14-,15+,16-,17-,18-,19-,20-,21-,22+,23-,25?,26+,27+/m0/s1.